The van der Waals surface area contributed by atoms with Gasteiger partial charge in [0.2, 0.25) is 0 Å². The maximum Gasteiger partial charge on any atom is 0.251 e. The molecule has 0 aliphatic heterocycles. The van der Waals surface area contributed by atoms with Gasteiger partial charge in [-0.1, -0.05) is 0 Å². The van der Waals surface area contributed by atoms with Gasteiger partial charge >= 0.3 is 0 Å². The van der Waals surface area contributed by atoms with Crippen LogP contribution in [-0.2, 0) is 9.53 Å². The normalized spacial score (nSPS) is 9.86. The van der Waals surface area contributed by atoms with E-state index in [1.165, 1.54) is 13.3 Å². The molecule has 1 amide bonds. The first-order valence-corrected chi connectivity index (χ1v) is 4.14. The first kappa shape index (κ1) is 10.5. The summed E-state index contributed by atoms with van der Waals surface area (Å²) in [6.45, 7) is 1.84. The summed E-state index contributed by atoms with van der Waals surface area (Å²) in [7, 11) is 1.46. The third-order valence-electron chi connectivity index (χ3n) is 1.63. The number of methoxy groups -OCH3 is 1. The van der Waals surface area contributed by atoms with Gasteiger partial charge in [0.1, 0.15) is 12.4 Å². The lowest BCUT2D eigenvalue weighted by Crippen LogP contribution is -2.18. The van der Waals surface area contributed by atoms with Gasteiger partial charge in [-0.25, -0.2) is 4.98 Å². The van der Waals surface area contributed by atoms with Crippen LogP contribution in [0.3, 0.4) is 0 Å². The van der Waals surface area contributed by atoms with E-state index in [0.717, 1.165) is 5.56 Å². The Morgan fingerprint density at radius 2 is 2.43 bits per heavy atom. The molecule has 1 aromatic rings. The molecular weight excluding hydrogens is 182 g/mol. The molecule has 5 heteroatoms. The Hall–Kier alpha value is -1.62. The number of carbonyl (C=O) groups excluding carboxylic acids is 1. The topological polar surface area (TPSA) is 77.2 Å². The Morgan fingerprint density at radius 3 is 3.00 bits per heavy atom. The SMILES string of the molecule is COCC(=O)Nc1ncc(N)cc1C. The fourth-order valence-electron chi connectivity index (χ4n) is 1.03. The minimum Gasteiger partial charge on any atom is -0.397 e. The predicted octanol–water partition coefficient (Wildman–Crippen LogP) is 0.557. The summed E-state index contributed by atoms with van der Waals surface area (Å²) >= 11 is 0. The maximum atomic E-state index is 11.1. The predicted molar refractivity (Wildman–Crippen MR) is 53.9 cm³/mol. The standard InChI is InChI=1S/C9H13N3O2/c1-6-3-7(10)4-11-9(6)12-8(13)5-14-2/h3-4H,5,10H2,1-2H3,(H,11,12,13). The Morgan fingerprint density at radius 1 is 1.71 bits per heavy atom. The number of aryl methyl sites for hydroxylation is 1. The molecule has 3 N–H and O–H groups in total. The maximum absolute atomic E-state index is 11.1. The summed E-state index contributed by atoms with van der Waals surface area (Å²) in [6.07, 6.45) is 1.50. The molecular formula is C9H13N3O2. The van der Waals surface area contributed by atoms with E-state index in [2.05, 4.69) is 15.0 Å². The van der Waals surface area contributed by atoms with E-state index < -0.39 is 0 Å². The van der Waals surface area contributed by atoms with Crippen molar-refractivity contribution in [3.05, 3.63) is 17.8 Å². The highest BCUT2D eigenvalue weighted by atomic mass is 16.5. The first-order valence-electron chi connectivity index (χ1n) is 4.14. The van der Waals surface area contributed by atoms with Crippen molar-refractivity contribution < 1.29 is 9.53 Å². The van der Waals surface area contributed by atoms with Crippen LogP contribution in [0.4, 0.5) is 11.5 Å². The number of aromatic nitrogens is 1. The second-order valence-electron chi connectivity index (χ2n) is 2.92. The number of hydrogen-bond acceptors (Lipinski definition) is 4. The highest BCUT2D eigenvalue weighted by molar-refractivity contribution is 5.91. The van der Waals surface area contributed by atoms with Gasteiger partial charge in [0, 0.05) is 7.11 Å². The Balaban J connectivity index is 2.72. The van der Waals surface area contributed by atoms with Gasteiger partial charge in [-0.3, -0.25) is 4.79 Å². The van der Waals surface area contributed by atoms with Crippen molar-refractivity contribution in [2.75, 3.05) is 24.8 Å². The molecule has 0 bridgehead atoms. The smallest absolute Gasteiger partial charge is 0.251 e. The number of hydrogen-bond donors (Lipinski definition) is 2. The number of pyridine rings is 1. The molecule has 0 saturated carbocycles. The van der Waals surface area contributed by atoms with Crippen LogP contribution in [0.25, 0.3) is 0 Å². The Kier molecular flexibility index (Phi) is 3.41. The van der Waals surface area contributed by atoms with Gasteiger partial charge in [0.25, 0.3) is 5.91 Å². The van der Waals surface area contributed by atoms with Crippen LogP contribution in [0.15, 0.2) is 12.3 Å². The van der Waals surface area contributed by atoms with Gasteiger partial charge in [-0.15, -0.1) is 0 Å². The van der Waals surface area contributed by atoms with E-state index >= 15 is 0 Å². The molecule has 0 unspecified atom stereocenters. The molecule has 1 heterocycles. The van der Waals surface area contributed by atoms with Crippen molar-refractivity contribution in [2.45, 2.75) is 6.92 Å². The number of nitrogen functional groups attached to an aromatic ring is 1. The molecule has 0 aliphatic carbocycles. The zero-order valence-corrected chi connectivity index (χ0v) is 8.20. The average Bonchev–Trinajstić information content (AvgIpc) is 2.10. The molecule has 0 radical (unpaired) electrons. The lowest BCUT2D eigenvalue weighted by Gasteiger charge is -2.06. The summed E-state index contributed by atoms with van der Waals surface area (Å²) in [4.78, 5) is 15.1. The number of nitrogens with zero attached hydrogens (tertiary/aromatic N) is 1. The van der Waals surface area contributed by atoms with Crippen molar-refractivity contribution >= 4 is 17.4 Å². The molecule has 0 saturated heterocycles. The number of amides is 1. The van der Waals surface area contributed by atoms with Crippen LogP contribution in [0.1, 0.15) is 5.56 Å². The quantitative estimate of drug-likeness (QED) is 0.738. The minimum atomic E-state index is -0.229. The second-order valence-corrected chi connectivity index (χ2v) is 2.92. The zero-order chi connectivity index (χ0) is 10.6. The lowest BCUT2D eigenvalue weighted by molar-refractivity contribution is -0.119. The first-order chi connectivity index (χ1) is 6.63. The van der Waals surface area contributed by atoms with Crippen molar-refractivity contribution in [3.8, 4) is 0 Å². The van der Waals surface area contributed by atoms with Crippen LogP contribution in [0.5, 0.6) is 0 Å². The van der Waals surface area contributed by atoms with Crippen molar-refractivity contribution in [2.24, 2.45) is 0 Å². The van der Waals surface area contributed by atoms with E-state index in [9.17, 15) is 4.79 Å². The molecule has 14 heavy (non-hydrogen) atoms. The molecule has 0 fully saturated rings. The summed E-state index contributed by atoms with van der Waals surface area (Å²) in [6, 6.07) is 1.75. The molecule has 0 spiro atoms. The minimum absolute atomic E-state index is 0.0193. The van der Waals surface area contributed by atoms with Crippen molar-refractivity contribution in [1.82, 2.24) is 4.98 Å². The van der Waals surface area contributed by atoms with Gasteiger partial charge in [0.15, 0.2) is 0 Å². The van der Waals surface area contributed by atoms with Gasteiger partial charge < -0.3 is 15.8 Å². The summed E-state index contributed by atoms with van der Waals surface area (Å²) < 4.78 is 4.67. The molecule has 1 aromatic heterocycles. The molecule has 1 rings (SSSR count). The number of rotatable bonds is 3. The van der Waals surface area contributed by atoms with E-state index in [1.54, 1.807) is 6.07 Å². The Bertz CT molecular complexity index is 339. The van der Waals surface area contributed by atoms with Crippen molar-refractivity contribution in [3.63, 3.8) is 0 Å². The van der Waals surface area contributed by atoms with E-state index in [0.29, 0.717) is 11.5 Å². The van der Waals surface area contributed by atoms with Crippen LogP contribution in [0, 0.1) is 6.92 Å². The summed E-state index contributed by atoms with van der Waals surface area (Å²) in [5.74, 6) is 0.286. The third kappa shape index (κ3) is 2.70. The zero-order valence-electron chi connectivity index (χ0n) is 8.20. The van der Waals surface area contributed by atoms with Gasteiger partial charge in [0.05, 0.1) is 11.9 Å². The molecule has 0 aromatic carbocycles. The number of nitrogens with two attached hydrogens (primary N) is 1. The number of carbonyl (C=O) groups is 1. The largest absolute Gasteiger partial charge is 0.397 e. The Labute approximate surface area is 82.3 Å². The van der Waals surface area contributed by atoms with E-state index in [-0.39, 0.29) is 12.5 Å². The molecule has 5 nitrogen and oxygen atoms in total. The van der Waals surface area contributed by atoms with E-state index in [1.807, 2.05) is 6.92 Å². The summed E-state index contributed by atoms with van der Waals surface area (Å²) in [5.41, 5.74) is 6.92. The molecule has 76 valence electrons. The number of ether oxygens (including phenoxy) is 1. The summed E-state index contributed by atoms with van der Waals surface area (Å²) in [5, 5.41) is 2.61. The number of anilines is 2. The highest BCUT2D eigenvalue weighted by Crippen LogP contribution is 2.13. The van der Waals surface area contributed by atoms with Crippen molar-refractivity contribution in [1.29, 1.82) is 0 Å². The van der Waals surface area contributed by atoms with Crippen LogP contribution in [0.2, 0.25) is 0 Å². The lowest BCUT2D eigenvalue weighted by atomic mass is 10.2. The van der Waals surface area contributed by atoms with E-state index in [4.69, 9.17) is 5.73 Å². The fourth-order valence-corrected chi connectivity index (χ4v) is 1.03. The van der Waals surface area contributed by atoms with Crippen LogP contribution < -0.4 is 11.1 Å². The molecule has 0 aliphatic rings. The van der Waals surface area contributed by atoms with Gasteiger partial charge in [-0.05, 0) is 18.6 Å². The third-order valence-corrected chi connectivity index (χ3v) is 1.63. The van der Waals surface area contributed by atoms with Gasteiger partial charge in [-0.2, -0.15) is 0 Å². The fraction of sp³-hybridized carbons (Fsp3) is 0.333. The highest BCUT2D eigenvalue weighted by Gasteiger charge is 2.04. The van der Waals surface area contributed by atoms with Crippen LogP contribution in [-0.4, -0.2) is 24.6 Å². The number of nitrogens with one attached hydrogen (secondary N) is 1. The average molecular weight is 195 g/mol. The monoisotopic (exact) mass is 195 g/mol. The second kappa shape index (κ2) is 4.57. The van der Waals surface area contributed by atoms with Crippen LogP contribution >= 0.6 is 0 Å². The molecule has 0 atom stereocenters.